The lowest BCUT2D eigenvalue weighted by Gasteiger charge is -2.15. The number of hydrogen-bond donors (Lipinski definition) is 2. The smallest absolute Gasteiger partial charge is 0.382 e. The van der Waals surface area contributed by atoms with E-state index in [2.05, 4.69) is 25.5 Å². The highest BCUT2D eigenvalue weighted by atomic mass is 35.5. The molecule has 39 heavy (non-hydrogen) atoms. The monoisotopic (exact) mass is 562 g/mol. The summed E-state index contributed by atoms with van der Waals surface area (Å²) < 4.78 is 42.3. The third-order valence-corrected chi connectivity index (χ3v) is 6.30. The fourth-order valence-electron chi connectivity index (χ4n) is 3.86. The third-order valence-electron chi connectivity index (χ3n) is 6.05. The first kappa shape index (κ1) is 26.6. The van der Waals surface area contributed by atoms with Crippen LogP contribution < -0.4 is 11.0 Å². The quantitative estimate of drug-likeness (QED) is 0.320. The number of aliphatic hydroxyl groups excluding tert-OH is 1. The molecule has 2 N–H and O–H groups in total. The largest absolute Gasteiger partial charge is 0.416 e. The maximum atomic E-state index is 13.1. The molecule has 0 radical (unpaired) electrons. The number of hydrogen-bond acceptors (Lipinski definition) is 7. The Balaban J connectivity index is 1.42. The van der Waals surface area contributed by atoms with Gasteiger partial charge in [-0.25, -0.2) is 24.1 Å². The van der Waals surface area contributed by atoms with Crippen LogP contribution in [0, 0.1) is 5.92 Å². The number of pyridine rings is 1. The van der Waals surface area contributed by atoms with Gasteiger partial charge in [0.05, 0.1) is 6.54 Å². The molecule has 11 nitrogen and oxygen atoms in total. The second kappa shape index (κ2) is 10.6. The first-order valence-electron chi connectivity index (χ1n) is 11.9. The molecule has 204 valence electrons. The number of halogens is 4. The summed E-state index contributed by atoms with van der Waals surface area (Å²) in [5.41, 5.74) is -0.132. The van der Waals surface area contributed by atoms with Gasteiger partial charge in [0.2, 0.25) is 5.91 Å². The van der Waals surface area contributed by atoms with E-state index in [1.54, 1.807) is 12.1 Å². The van der Waals surface area contributed by atoms with Crippen molar-refractivity contribution in [2.45, 2.75) is 44.6 Å². The van der Waals surface area contributed by atoms with Gasteiger partial charge in [-0.15, -0.1) is 10.2 Å². The third kappa shape index (κ3) is 6.17. The van der Waals surface area contributed by atoms with Crippen LogP contribution in [0.4, 0.5) is 19.0 Å². The normalized spacial score (nSPS) is 14.4. The minimum absolute atomic E-state index is 0.0904. The maximum Gasteiger partial charge on any atom is 0.416 e. The molecule has 1 aliphatic rings. The summed E-state index contributed by atoms with van der Waals surface area (Å²) >= 11 is 5.91. The van der Waals surface area contributed by atoms with Gasteiger partial charge in [0, 0.05) is 23.2 Å². The summed E-state index contributed by atoms with van der Waals surface area (Å²) in [5.74, 6) is 0.549. The van der Waals surface area contributed by atoms with Gasteiger partial charge in [0.15, 0.2) is 23.6 Å². The van der Waals surface area contributed by atoms with Crippen LogP contribution in [-0.2, 0) is 17.9 Å². The molecule has 1 amide bonds. The van der Waals surface area contributed by atoms with Crippen molar-refractivity contribution in [3.63, 3.8) is 0 Å². The fourth-order valence-corrected chi connectivity index (χ4v) is 3.99. The molecule has 5 rings (SSSR count). The highest BCUT2D eigenvalue weighted by Gasteiger charge is 2.39. The maximum absolute atomic E-state index is 13.1. The van der Waals surface area contributed by atoms with Crippen molar-refractivity contribution in [3.8, 4) is 17.1 Å². The van der Waals surface area contributed by atoms with E-state index in [0.29, 0.717) is 28.6 Å². The average molecular weight is 563 g/mol. The second-order valence-electron chi connectivity index (χ2n) is 9.11. The first-order valence-corrected chi connectivity index (χ1v) is 12.3. The van der Waals surface area contributed by atoms with E-state index >= 15 is 0 Å². The van der Waals surface area contributed by atoms with E-state index in [1.165, 1.54) is 41.5 Å². The molecule has 0 aliphatic heterocycles. The number of carbonyl (C=O) groups is 1. The van der Waals surface area contributed by atoms with Crippen molar-refractivity contribution >= 4 is 23.3 Å². The molecule has 0 bridgehead atoms. The first-order chi connectivity index (χ1) is 18.6. The Labute approximate surface area is 223 Å². The van der Waals surface area contributed by atoms with Crippen LogP contribution in [0.5, 0.6) is 0 Å². The molecule has 1 atom stereocenters. The van der Waals surface area contributed by atoms with Crippen molar-refractivity contribution in [2.24, 2.45) is 5.92 Å². The number of alkyl halides is 3. The molecular weight excluding hydrogens is 541 g/mol. The number of nitrogens with one attached hydrogen (secondary N) is 1. The number of aliphatic hydroxyl groups is 1. The highest BCUT2D eigenvalue weighted by molar-refractivity contribution is 6.30. The molecular formula is C24H22ClF3N8O3. The molecule has 1 fully saturated rings. The molecule has 1 aromatic carbocycles. The Hall–Kier alpha value is -4.04. The number of benzene rings is 1. The van der Waals surface area contributed by atoms with Crippen LogP contribution in [0.25, 0.3) is 17.1 Å². The molecule has 0 saturated heterocycles. The molecule has 1 saturated carbocycles. The number of carbonyl (C=O) groups excluding carboxylic acids is 1. The van der Waals surface area contributed by atoms with Gasteiger partial charge >= 0.3 is 11.9 Å². The molecule has 0 unspecified atom stereocenters. The van der Waals surface area contributed by atoms with E-state index < -0.39 is 24.5 Å². The highest BCUT2D eigenvalue weighted by Crippen LogP contribution is 2.32. The summed E-state index contributed by atoms with van der Waals surface area (Å²) in [5, 5.41) is 21.3. The molecule has 15 heteroatoms. The number of amides is 1. The predicted octanol–water partition coefficient (Wildman–Crippen LogP) is 3.05. The van der Waals surface area contributed by atoms with Gasteiger partial charge in [-0.2, -0.15) is 13.2 Å². The van der Waals surface area contributed by atoms with Crippen molar-refractivity contribution in [2.75, 3.05) is 5.32 Å². The van der Waals surface area contributed by atoms with Crippen molar-refractivity contribution in [1.29, 1.82) is 0 Å². The Bertz CT molecular complexity index is 1540. The Morgan fingerprint density at radius 2 is 1.90 bits per heavy atom. The summed E-state index contributed by atoms with van der Waals surface area (Å²) in [4.78, 5) is 33.8. The van der Waals surface area contributed by atoms with Crippen LogP contribution >= 0.6 is 11.6 Å². The van der Waals surface area contributed by atoms with E-state index in [-0.39, 0.29) is 29.9 Å². The van der Waals surface area contributed by atoms with Gasteiger partial charge in [-0.3, -0.25) is 9.36 Å². The average Bonchev–Trinajstić information content (AvgIpc) is 3.49. The Morgan fingerprint density at radius 1 is 1.15 bits per heavy atom. The zero-order chi connectivity index (χ0) is 27.7. The van der Waals surface area contributed by atoms with E-state index in [1.807, 2.05) is 0 Å². The molecule has 1 aliphatic carbocycles. The van der Waals surface area contributed by atoms with Gasteiger partial charge in [-0.05, 0) is 55.2 Å². The predicted molar refractivity (Wildman–Crippen MR) is 133 cm³/mol. The summed E-state index contributed by atoms with van der Waals surface area (Å²) in [6.45, 7) is -1.33. The van der Waals surface area contributed by atoms with E-state index in [9.17, 15) is 27.9 Å². The topological polar surface area (TPSA) is 133 Å². The van der Waals surface area contributed by atoms with Gasteiger partial charge in [0.1, 0.15) is 18.6 Å². The van der Waals surface area contributed by atoms with Crippen molar-refractivity contribution < 1.29 is 23.1 Å². The Kier molecular flexibility index (Phi) is 7.23. The van der Waals surface area contributed by atoms with Crippen LogP contribution in [0.2, 0.25) is 5.02 Å². The van der Waals surface area contributed by atoms with Crippen molar-refractivity contribution in [3.05, 3.63) is 70.3 Å². The summed E-state index contributed by atoms with van der Waals surface area (Å²) in [6.07, 6.45) is -2.38. The van der Waals surface area contributed by atoms with Gasteiger partial charge in [0.25, 0.3) is 0 Å². The number of nitrogens with zero attached hydrogens (tertiary/aromatic N) is 7. The van der Waals surface area contributed by atoms with Crippen LogP contribution in [0.15, 0.2) is 53.7 Å². The number of rotatable bonds is 9. The Morgan fingerprint density at radius 3 is 2.59 bits per heavy atom. The van der Waals surface area contributed by atoms with Gasteiger partial charge < -0.3 is 10.4 Å². The van der Waals surface area contributed by atoms with Crippen molar-refractivity contribution in [1.82, 2.24) is 34.1 Å². The van der Waals surface area contributed by atoms with E-state index in [0.717, 1.165) is 22.1 Å². The number of aromatic nitrogens is 7. The molecule has 3 aromatic heterocycles. The fraction of sp³-hybridized carbons (Fsp3) is 0.333. The second-order valence-corrected chi connectivity index (χ2v) is 9.55. The minimum atomic E-state index is -4.94. The van der Waals surface area contributed by atoms with Crippen LogP contribution in [0.3, 0.4) is 0 Å². The van der Waals surface area contributed by atoms with Gasteiger partial charge in [-0.1, -0.05) is 11.6 Å². The lowest BCUT2D eigenvalue weighted by Crippen LogP contribution is -2.37. The zero-order valence-corrected chi connectivity index (χ0v) is 21.0. The summed E-state index contributed by atoms with van der Waals surface area (Å²) in [6, 6.07) is 9.34. The SMILES string of the molecule is O=C(CC1CC1)Nc1ncccc1-n1cnc(Cn2nc(-c3ccc(Cl)cc3)n(C[C@H](O)C(F)(F)F)c2=O)n1. The molecule has 0 spiro atoms. The lowest BCUT2D eigenvalue weighted by atomic mass is 10.2. The van der Waals surface area contributed by atoms with Crippen LogP contribution in [-0.4, -0.2) is 57.4 Å². The molecule has 3 heterocycles. The van der Waals surface area contributed by atoms with E-state index in [4.69, 9.17) is 11.6 Å². The lowest BCUT2D eigenvalue weighted by molar-refractivity contribution is -0.207. The van der Waals surface area contributed by atoms with Crippen LogP contribution in [0.1, 0.15) is 25.1 Å². The number of anilines is 1. The summed E-state index contributed by atoms with van der Waals surface area (Å²) in [7, 11) is 0. The standard InChI is InChI=1S/C24H22ClF3N8O3/c25-16-7-5-15(6-8-16)22-33-35(23(39)34(22)11-18(37)24(26,27)28)12-19-30-13-36(32-19)17-2-1-9-29-21(17)31-20(38)10-14-3-4-14/h1-2,5-9,13-14,18,37H,3-4,10-12H2,(H,29,31,38)/t18-/m0/s1. The zero-order valence-electron chi connectivity index (χ0n) is 20.2. The minimum Gasteiger partial charge on any atom is -0.382 e. The molecule has 4 aromatic rings.